The number of anilines is 1. The van der Waals surface area contributed by atoms with Gasteiger partial charge in [0.1, 0.15) is 17.1 Å². The molecule has 0 aliphatic heterocycles. The number of aliphatic carboxylic acids is 1. The summed E-state index contributed by atoms with van der Waals surface area (Å²) in [5, 5.41) is 24.7. The fraction of sp³-hybridized carbons (Fsp3) is 0.583. The van der Waals surface area contributed by atoms with Crippen LogP contribution in [0.25, 0.3) is 11.4 Å². The van der Waals surface area contributed by atoms with E-state index in [2.05, 4.69) is 30.8 Å². The van der Waals surface area contributed by atoms with Crippen LogP contribution in [0, 0.1) is 12.8 Å². The molecule has 1 fully saturated rings. The van der Waals surface area contributed by atoms with E-state index in [4.69, 9.17) is 9.26 Å². The van der Waals surface area contributed by atoms with Crippen LogP contribution < -0.4 is 10.1 Å². The first-order valence-electron chi connectivity index (χ1n) is 12.1. The van der Waals surface area contributed by atoms with Crippen molar-refractivity contribution in [3.8, 4) is 17.1 Å². The number of aryl methyl sites for hydroxylation is 3. The molecule has 2 atom stereocenters. The van der Waals surface area contributed by atoms with E-state index >= 15 is 0 Å². The zero-order valence-corrected chi connectivity index (χ0v) is 21.0. The molecule has 0 spiro atoms. The summed E-state index contributed by atoms with van der Waals surface area (Å²) >= 11 is 0. The number of carboxylic acids is 1. The van der Waals surface area contributed by atoms with Crippen LogP contribution in [0.4, 0.5) is 10.3 Å². The van der Waals surface area contributed by atoms with Gasteiger partial charge in [0.05, 0.1) is 35.6 Å². The van der Waals surface area contributed by atoms with Crippen molar-refractivity contribution in [2.45, 2.75) is 77.6 Å². The maximum Gasteiger partial charge on any atom is 0.306 e. The number of rotatable bonds is 10. The Labute approximate surface area is 208 Å². The van der Waals surface area contributed by atoms with Gasteiger partial charge in [0.15, 0.2) is 0 Å². The smallest absolute Gasteiger partial charge is 0.306 e. The predicted molar refractivity (Wildman–Crippen MR) is 128 cm³/mol. The Morgan fingerprint density at radius 3 is 2.86 bits per heavy atom. The van der Waals surface area contributed by atoms with Crippen molar-refractivity contribution >= 4 is 11.9 Å². The molecule has 4 rings (SSSR count). The fourth-order valence-corrected chi connectivity index (χ4v) is 4.23. The second-order valence-electron chi connectivity index (χ2n) is 9.81. The van der Waals surface area contributed by atoms with Crippen LogP contribution in [0.3, 0.4) is 0 Å². The SMILES string of the molecule is Cc1nc(-c2nnn(C)c2CNc2noc(CCC(C)(C)F)n2)ccc1O[C@H]1CCC[C@H](C(=O)O)C1. The van der Waals surface area contributed by atoms with E-state index in [0.717, 1.165) is 18.5 Å². The first-order valence-corrected chi connectivity index (χ1v) is 12.1. The Balaban J connectivity index is 1.42. The minimum atomic E-state index is -1.31. The Morgan fingerprint density at radius 1 is 1.33 bits per heavy atom. The summed E-state index contributed by atoms with van der Waals surface area (Å²) in [4.78, 5) is 20.3. The van der Waals surface area contributed by atoms with Gasteiger partial charge >= 0.3 is 5.97 Å². The molecule has 0 amide bonds. The lowest BCUT2D eigenvalue weighted by atomic mass is 9.87. The Kier molecular flexibility index (Phi) is 7.51. The van der Waals surface area contributed by atoms with Gasteiger partial charge < -0.3 is 19.7 Å². The summed E-state index contributed by atoms with van der Waals surface area (Å²) in [5.74, 6) is 0.171. The number of hydrogen-bond acceptors (Lipinski definition) is 9. The van der Waals surface area contributed by atoms with Crippen LogP contribution in [0.2, 0.25) is 0 Å². The molecule has 3 aromatic rings. The molecule has 0 radical (unpaired) electrons. The van der Waals surface area contributed by atoms with Crippen LogP contribution >= 0.6 is 0 Å². The lowest BCUT2D eigenvalue weighted by Crippen LogP contribution is -2.29. The molecule has 1 saturated carbocycles. The standard InChI is InChI=1S/C24H32FN7O4/c1-14-19(35-16-7-5-6-15(12-16)22(33)34)9-8-17(27-14)21-18(32(4)31-29-21)13-26-23-28-20(36-30-23)10-11-24(2,3)25/h8-9,15-16H,5-7,10-13H2,1-4H3,(H,26,30)(H,33,34)/t15-,16-/m0/s1. The van der Waals surface area contributed by atoms with Gasteiger partial charge in [-0.3, -0.25) is 4.79 Å². The van der Waals surface area contributed by atoms with E-state index in [9.17, 15) is 14.3 Å². The van der Waals surface area contributed by atoms with E-state index in [0.29, 0.717) is 60.5 Å². The van der Waals surface area contributed by atoms with E-state index in [1.807, 2.05) is 19.1 Å². The van der Waals surface area contributed by atoms with Crippen molar-refractivity contribution in [3.05, 3.63) is 29.4 Å². The number of nitrogens with zero attached hydrogens (tertiary/aromatic N) is 6. The highest BCUT2D eigenvalue weighted by molar-refractivity contribution is 5.70. The van der Waals surface area contributed by atoms with Crippen molar-refractivity contribution in [3.63, 3.8) is 0 Å². The number of aromatic nitrogens is 6. The summed E-state index contributed by atoms with van der Waals surface area (Å²) in [6, 6.07) is 3.66. The minimum absolute atomic E-state index is 0.140. The van der Waals surface area contributed by atoms with Crippen LogP contribution in [-0.4, -0.2) is 53.0 Å². The summed E-state index contributed by atoms with van der Waals surface area (Å²) in [7, 11) is 1.78. The average Bonchev–Trinajstić information content (AvgIpc) is 3.43. The van der Waals surface area contributed by atoms with Crippen LogP contribution in [0.1, 0.15) is 63.2 Å². The topological polar surface area (TPSA) is 141 Å². The van der Waals surface area contributed by atoms with Gasteiger partial charge in [0.2, 0.25) is 5.89 Å². The Hall–Kier alpha value is -3.57. The average molecular weight is 502 g/mol. The third kappa shape index (κ3) is 6.35. The van der Waals surface area contributed by atoms with E-state index < -0.39 is 11.6 Å². The normalized spacial score (nSPS) is 18.2. The second kappa shape index (κ2) is 10.6. The van der Waals surface area contributed by atoms with Gasteiger partial charge in [-0.2, -0.15) is 4.98 Å². The van der Waals surface area contributed by atoms with Crippen LogP contribution in [0.5, 0.6) is 5.75 Å². The Bertz CT molecular complexity index is 1200. The van der Waals surface area contributed by atoms with E-state index in [-0.39, 0.29) is 18.4 Å². The van der Waals surface area contributed by atoms with E-state index in [1.54, 1.807) is 11.7 Å². The van der Waals surface area contributed by atoms with E-state index in [1.165, 1.54) is 13.8 Å². The minimum Gasteiger partial charge on any atom is -0.489 e. The number of ether oxygens (including phenoxy) is 1. The highest BCUT2D eigenvalue weighted by Gasteiger charge is 2.28. The molecule has 0 saturated heterocycles. The summed E-state index contributed by atoms with van der Waals surface area (Å²) in [6.07, 6.45) is 3.35. The molecule has 3 heterocycles. The third-order valence-corrected chi connectivity index (χ3v) is 6.31. The molecule has 1 aliphatic carbocycles. The maximum atomic E-state index is 13.7. The summed E-state index contributed by atoms with van der Waals surface area (Å²) < 4.78 is 26.7. The highest BCUT2D eigenvalue weighted by atomic mass is 19.1. The van der Waals surface area contributed by atoms with Gasteiger partial charge in [-0.15, -0.1) is 5.10 Å². The number of carboxylic acid groups (broad SMARTS) is 1. The van der Waals surface area contributed by atoms with Gasteiger partial charge in [0.25, 0.3) is 5.95 Å². The van der Waals surface area contributed by atoms with Gasteiger partial charge in [0, 0.05) is 13.5 Å². The van der Waals surface area contributed by atoms with Crippen molar-refractivity contribution in [1.82, 2.24) is 30.1 Å². The fourth-order valence-electron chi connectivity index (χ4n) is 4.23. The zero-order valence-electron chi connectivity index (χ0n) is 21.0. The van der Waals surface area contributed by atoms with Crippen molar-refractivity contribution in [2.24, 2.45) is 13.0 Å². The zero-order chi connectivity index (χ0) is 25.9. The maximum absolute atomic E-state index is 13.7. The van der Waals surface area contributed by atoms with Gasteiger partial charge in [-0.1, -0.05) is 5.21 Å². The third-order valence-electron chi connectivity index (χ3n) is 6.31. The van der Waals surface area contributed by atoms with Gasteiger partial charge in [-0.25, -0.2) is 14.1 Å². The quantitative estimate of drug-likeness (QED) is 0.420. The first kappa shape index (κ1) is 25.5. The molecule has 0 aromatic carbocycles. The number of pyridine rings is 1. The molecule has 3 aromatic heterocycles. The number of carbonyl (C=O) groups is 1. The second-order valence-corrected chi connectivity index (χ2v) is 9.81. The molecular weight excluding hydrogens is 469 g/mol. The molecule has 2 N–H and O–H groups in total. The predicted octanol–water partition coefficient (Wildman–Crippen LogP) is 3.88. The molecule has 0 unspecified atom stereocenters. The molecule has 0 bridgehead atoms. The first-order chi connectivity index (χ1) is 17.1. The number of halogens is 1. The molecular formula is C24H32FN7O4. The van der Waals surface area contributed by atoms with Crippen molar-refractivity contribution in [1.29, 1.82) is 0 Å². The molecule has 12 heteroatoms. The summed E-state index contributed by atoms with van der Waals surface area (Å²) in [5.41, 5.74) is 1.39. The lowest BCUT2D eigenvalue weighted by molar-refractivity contribution is -0.143. The molecule has 36 heavy (non-hydrogen) atoms. The van der Waals surface area contributed by atoms with Crippen molar-refractivity contribution < 1.29 is 23.6 Å². The summed E-state index contributed by atoms with van der Waals surface area (Å²) in [6.45, 7) is 5.20. The number of hydrogen-bond donors (Lipinski definition) is 2. The molecule has 1 aliphatic rings. The van der Waals surface area contributed by atoms with Gasteiger partial charge in [-0.05, 0) is 70.2 Å². The van der Waals surface area contributed by atoms with Crippen molar-refractivity contribution in [2.75, 3.05) is 5.32 Å². The monoisotopic (exact) mass is 501 g/mol. The highest BCUT2D eigenvalue weighted by Crippen LogP contribution is 2.30. The van der Waals surface area contributed by atoms with Crippen LogP contribution in [0.15, 0.2) is 16.7 Å². The molecule has 11 nitrogen and oxygen atoms in total. The Morgan fingerprint density at radius 2 is 2.14 bits per heavy atom. The number of nitrogens with one attached hydrogen (secondary N) is 1. The lowest BCUT2D eigenvalue weighted by Gasteiger charge is -2.27. The van der Waals surface area contributed by atoms with Crippen LogP contribution in [-0.2, 0) is 24.8 Å². The molecule has 194 valence electrons. The largest absolute Gasteiger partial charge is 0.489 e. The number of alkyl halides is 1.